The molecule has 2 heterocycles. The van der Waals surface area contributed by atoms with Crippen LogP contribution in [0.15, 0.2) is 36.4 Å². The fourth-order valence-electron chi connectivity index (χ4n) is 2.71. The van der Waals surface area contributed by atoms with Crippen LogP contribution >= 0.6 is 0 Å². The minimum Gasteiger partial charge on any atom is -0.504 e. The van der Waals surface area contributed by atoms with Crippen LogP contribution in [-0.2, 0) is 0 Å². The van der Waals surface area contributed by atoms with Gasteiger partial charge in [0.2, 0.25) is 18.3 Å². The molecule has 0 radical (unpaired) electrons. The van der Waals surface area contributed by atoms with Gasteiger partial charge < -0.3 is 24.4 Å². The number of hydrogen-bond acceptors (Lipinski definition) is 6. The lowest BCUT2D eigenvalue weighted by Crippen LogP contribution is -2.36. The van der Waals surface area contributed by atoms with Crippen molar-refractivity contribution in [2.24, 2.45) is 0 Å². The van der Waals surface area contributed by atoms with Crippen molar-refractivity contribution >= 4 is 5.78 Å². The SMILES string of the molecule is O=C1c2c(cc3c(c2O)OCO3)O[C@H](c2ccccc2)[C@H]1O. The maximum Gasteiger partial charge on any atom is 0.231 e. The quantitative estimate of drug-likeness (QED) is 0.835. The Bertz CT molecular complexity index is 755. The van der Waals surface area contributed by atoms with Crippen LogP contribution in [0.3, 0.4) is 0 Å². The van der Waals surface area contributed by atoms with E-state index in [0.29, 0.717) is 11.3 Å². The second-order valence-electron chi connectivity index (χ2n) is 5.09. The molecule has 0 unspecified atom stereocenters. The van der Waals surface area contributed by atoms with Crippen LogP contribution in [0.1, 0.15) is 22.0 Å². The van der Waals surface area contributed by atoms with Gasteiger partial charge in [-0.1, -0.05) is 30.3 Å². The zero-order valence-electron chi connectivity index (χ0n) is 11.4. The summed E-state index contributed by atoms with van der Waals surface area (Å²) in [4.78, 5) is 12.4. The van der Waals surface area contributed by atoms with Gasteiger partial charge in [0.1, 0.15) is 11.3 Å². The number of benzene rings is 2. The van der Waals surface area contributed by atoms with E-state index in [1.807, 2.05) is 6.07 Å². The van der Waals surface area contributed by atoms with Gasteiger partial charge >= 0.3 is 0 Å². The molecule has 2 aromatic carbocycles. The molecule has 2 aliphatic heterocycles. The molecule has 6 heteroatoms. The average molecular weight is 300 g/mol. The Kier molecular flexibility index (Phi) is 2.74. The molecule has 2 aromatic rings. The minimum absolute atomic E-state index is 0.0371. The summed E-state index contributed by atoms with van der Waals surface area (Å²) in [5.74, 6) is -0.384. The zero-order chi connectivity index (χ0) is 15.3. The Balaban J connectivity index is 1.84. The van der Waals surface area contributed by atoms with Crippen LogP contribution < -0.4 is 14.2 Å². The van der Waals surface area contributed by atoms with Gasteiger partial charge in [0.15, 0.2) is 23.7 Å². The maximum atomic E-state index is 12.4. The van der Waals surface area contributed by atoms with E-state index < -0.39 is 18.0 Å². The zero-order valence-corrected chi connectivity index (χ0v) is 11.4. The van der Waals surface area contributed by atoms with E-state index in [1.54, 1.807) is 24.3 Å². The Hall–Kier alpha value is -2.73. The Morgan fingerprint density at radius 1 is 1.09 bits per heavy atom. The Labute approximate surface area is 125 Å². The molecule has 2 atom stereocenters. The highest BCUT2D eigenvalue weighted by atomic mass is 16.7. The molecule has 22 heavy (non-hydrogen) atoms. The number of carbonyl (C=O) groups excluding carboxylic acids is 1. The van der Waals surface area contributed by atoms with Crippen molar-refractivity contribution in [2.45, 2.75) is 12.2 Å². The molecular weight excluding hydrogens is 288 g/mol. The summed E-state index contributed by atoms with van der Waals surface area (Å²) in [6, 6.07) is 10.4. The van der Waals surface area contributed by atoms with E-state index in [-0.39, 0.29) is 29.6 Å². The molecule has 0 aromatic heterocycles. The van der Waals surface area contributed by atoms with Crippen molar-refractivity contribution < 1.29 is 29.2 Å². The van der Waals surface area contributed by atoms with Gasteiger partial charge in [0, 0.05) is 6.07 Å². The topological polar surface area (TPSA) is 85.2 Å². The van der Waals surface area contributed by atoms with Crippen molar-refractivity contribution in [3.8, 4) is 23.0 Å². The summed E-state index contributed by atoms with van der Waals surface area (Å²) in [6.07, 6.45) is -2.23. The van der Waals surface area contributed by atoms with Crippen LogP contribution in [0.25, 0.3) is 0 Å². The van der Waals surface area contributed by atoms with Crippen LogP contribution in [0.2, 0.25) is 0 Å². The summed E-state index contributed by atoms with van der Waals surface area (Å²) in [5.41, 5.74) is 0.593. The molecule has 0 amide bonds. The molecule has 0 fully saturated rings. The Morgan fingerprint density at radius 3 is 2.64 bits per heavy atom. The van der Waals surface area contributed by atoms with Crippen molar-refractivity contribution in [2.75, 3.05) is 6.79 Å². The first-order valence-electron chi connectivity index (χ1n) is 6.76. The molecule has 112 valence electrons. The van der Waals surface area contributed by atoms with Gasteiger partial charge in [0.25, 0.3) is 0 Å². The number of fused-ring (bicyclic) bond motifs is 2. The highest BCUT2D eigenvalue weighted by Crippen LogP contribution is 2.50. The lowest BCUT2D eigenvalue weighted by Gasteiger charge is -2.30. The van der Waals surface area contributed by atoms with Crippen molar-refractivity contribution in [3.63, 3.8) is 0 Å². The fraction of sp³-hybridized carbons (Fsp3) is 0.188. The van der Waals surface area contributed by atoms with Crippen LogP contribution in [0, 0.1) is 0 Å². The van der Waals surface area contributed by atoms with E-state index in [1.165, 1.54) is 6.07 Å². The van der Waals surface area contributed by atoms with Crippen molar-refractivity contribution in [1.82, 2.24) is 0 Å². The molecule has 0 saturated carbocycles. The summed E-state index contributed by atoms with van der Waals surface area (Å²) in [6.45, 7) is -0.0371. The fourth-order valence-corrected chi connectivity index (χ4v) is 2.71. The summed E-state index contributed by atoms with van der Waals surface area (Å²) < 4.78 is 16.1. The molecule has 6 nitrogen and oxygen atoms in total. The standard InChI is InChI=1S/C16H12O6/c17-12-11-9(6-10-16(13(11)18)21-7-20-10)22-15(14(12)19)8-4-2-1-3-5-8/h1-6,14-15,18-19H,7H2/t14-,15+/m0/s1. The van der Waals surface area contributed by atoms with Gasteiger partial charge in [-0.05, 0) is 5.56 Å². The average Bonchev–Trinajstić information content (AvgIpc) is 3.00. The summed E-state index contributed by atoms with van der Waals surface area (Å²) in [7, 11) is 0. The second kappa shape index (κ2) is 4.64. The van der Waals surface area contributed by atoms with Gasteiger partial charge in [-0.3, -0.25) is 4.79 Å². The molecule has 0 aliphatic carbocycles. The van der Waals surface area contributed by atoms with Crippen LogP contribution in [0.5, 0.6) is 23.0 Å². The first-order valence-corrected chi connectivity index (χ1v) is 6.76. The highest BCUT2D eigenvalue weighted by molar-refractivity contribution is 6.06. The van der Waals surface area contributed by atoms with Crippen LogP contribution in [0.4, 0.5) is 0 Å². The summed E-state index contributed by atoms with van der Waals surface area (Å²) >= 11 is 0. The molecule has 0 saturated heterocycles. The molecule has 0 bridgehead atoms. The van der Waals surface area contributed by atoms with E-state index in [4.69, 9.17) is 14.2 Å². The third-order valence-corrected chi connectivity index (χ3v) is 3.79. The number of phenolic OH excluding ortho intramolecular Hbond substituents is 1. The van der Waals surface area contributed by atoms with Crippen molar-refractivity contribution in [3.05, 3.63) is 47.5 Å². The van der Waals surface area contributed by atoms with Gasteiger partial charge in [-0.2, -0.15) is 0 Å². The van der Waals surface area contributed by atoms with E-state index >= 15 is 0 Å². The first-order chi connectivity index (χ1) is 10.7. The first kappa shape index (κ1) is 13.0. The van der Waals surface area contributed by atoms with Gasteiger partial charge in [-0.25, -0.2) is 0 Å². The molecule has 2 N–H and O–H groups in total. The number of ether oxygens (including phenoxy) is 3. The predicted molar refractivity (Wildman–Crippen MR) is 74.4 cm³/mol. The minimum atomic E-state index is -1.40. The lowest BCUT2D eigenvalue weighted by molar-refractivity contribution is 0.0211. The Morgan fingerprint density at radius 2 is 1.86 bits per heavy atom. The number of aliphatic hydroxyl groups is 1. The number of phenols is 1. The number of aromatic hydroxyl groups is 1. The largest absolute Gasteiger partial charge is 0.504 e. The number of hydrogen-bond donors (Lipinski definition) is 2. The molecular formula is C16H12O6. The number of carbonyl (C=O) groups is 1. The molecule has 4 rings (SSSR count). The van der Waals surface area contributed by atoms with Gasteiger partial charge in [0.05, 0.1) is 0 Å². The third kappa shape index (κ3) is 1.74. The predicted octanol–water partition coefficient (Wildman–Crippen LogP) is 1.80. The smallest absolute Gasteiger partial charge is 0.231 e. The van der Waals surface area contributed by atoms with E-state index in [2.05, 4.69) is 0 Å². The van der Waals surface area contributed by atoms with E-state index in [9.17, 15) is 15.0 Å². The van der Waals surface area contributed by atoms with Crippen molar-refractivity contribution in [1.29, 1.82) is 0 Å². The maximum absolute atomic E-state index is 12.4. The molecule has 0 spiro atoms. The highest BCUT2D eigenvalue weighted by Gasteiger charge is 2.41. The molecule has 2 aliphatic rings. The third-order valence-electron chi connectivity index (χ3n) is 3.79. The normalized spacial score (nSPS) is 22.1. The van der Waals surface area contributed by atoms with Crippen LogP contribution in [-0.4, -0.2) is 28.9 Å². The van der Waals surface area contributed by atoms with E-state index in [0.717, 1.165) is 0 Å². The lowest BCUT2D eigenvalue weighted by atomic mass is 9.92. The summed E-state index contributed by atoms with van der Waals surface area (Å²) in [5, 5.41) is 20.4. The number of aliphatic hydroxyl groups excluding tert-OH is 1. The monoisotopic (exact) mass is 300 g/mol. The number of ketones is 1. The number of Topliss-reactive ketones (excluding diaryl/α,β-unsaturated/α-hetero) is 1. The second-order valence-corrected chi connectivity index (χ2v) is 5.09. The van der Waals surface area contributed by atoms with Gasteiger partial charge in [-0.15, -0.1) is 0 Å². The number of rotatable bonds is 1.